The summed E-state index contributed by atoms with van der Waals surface area (Å²) in [7, 11) is 6.57. The molecule has 0 rings (SSSR count). The molecule has 0 amide bonds. The molecule has 0 heterocycles. The highest BCUT2D eigenvalue weighted by Crippen LogP contribution is 2.14. The van der Waals surface area contributed by atoms with E-state index in [2.05, 4.69) is 33.5 Å². The fourth-order valence-electron chi connectivity index (χ4n) is 3.44. The molecular weight excluding hydrogens is 304 g/mol. The highest BCUT2D eigenvalue weighted by Gasteiger charge is 2.03. The van der Waals surface area contributed by atoms with Gasteiger partial charge < -0.3 is 0 Å². The summed E-state index contributed by atoms with van der Waals surface area (Å²) in [5, 5.41) is 0. The second-order valence-electron chi connectivity index (χ2n) is 8.93. The fraction of sp³-hybridized carbons (Fsp3) is 1.00. The van der Waals surface area contributed by atoms with Crippen molar-refractivity contribution in [1.82, 2.24) is 5.43 Å². The smallest absolute Gasteiger partial charge is 0.0853 e. The van der Waals surface area contributed by atoms with Crippen LogP contribution in [0.1, 0.15) is 122 Å². The first-order valence-corrected chi connectivity index (χ1v) is 11.6. The van der Waals surface area contributed by atoms with Crippen LogP contribution in [0.3, 0.4) is 0 Å². The molecule has 152 valence electrons. The van der Waals surface area contributed by atoms with Gasteiger partial charge in [0.15, 0.2) is 0 Å². The van der Waals surface area contributed by atoms with Gasteiger partial charge in [-0.05, 0) is 6.42 Å². The minimum absolute atomic E-state index is 0.874. The van der Waals surface area contributed by atoms with E-state index in [1.165, 1.54) is 116 Å². The molecule has 1 N–H and O–H groups in total. The molecule has 0 aliphatic heterocycles. The van der Waals surface area contributed by atoms with E-state index in [1.54, 1.807) is 0 Å². The summed E-state index contributed by atoms with van der Waals surface area (Å²) in [5.74, 6) is 0. The number of unbranched alkanes of at least 4 members (excludes halogenated alkanes) is 17. The molecule has 0 aliphatic rings. The van der Waals surface area contributed by atoms with Crippen molar-refractivity contribution in [3.8, 4) is 0 Å². The molecule has 0 aromatic heterocycles. The van der Waals surface area contributed by atoms with Crippen molar-refractivity contribution in [2.24, 2.45) is 0 Å². The number of hydrogen-bond donors (Lipinski definition) is 1. The standard InChI is InChI=1S/C23H51N2/c1-5-6-7-8-9-10-11-12-13-14-15-16-17-18-19-20-21-22-23-24-25(2,3)4/h24H,5-23H2,1-4H3/q+1. The molecule has 0 saturated carbocycles. The van der Waals surface area contributed by atoms with Gasteiger partial charge in [0.2, 0.25) is 0 Å². The molecule has 0 aliphatic carbocycles. The second kappa shape index (κ2) is 18.7. The van der Waals surface area contributed by atoms with E-state index in [0.717, 1.165) is 11.1 Å². The first-order valence-electron chi connectivity index (χ1n) is 11.6. The molecule has 2 nitrogen and oxygen atoms in total. The fourth-order valence-corrected chi connectivity index (χ4v) is 3.44. The SMILES string of the molecule is CCCCCCCCCCCCCCCCCCCCN[N+](C)(C)C. The summed E-state index contributed by atoms with van der Waals surface area (Å²) in [5.41, 5.74) is 3.51. The Labute approximate surface area is 160 Å². The number of quaternary nitrogens is 1. The lowest BCUT2D eigenvalue weighted by Crippen LogP contribution is -2.48. The second-order valence-corrected chi connectivity index (χ2v) is 8.93. The van der Waals surface area contributed by atoms with Gasteiger partial charge in [-0.25, -0.2) is 0 Å². The Hall–Kier alpha value is -0.0800. The number of nitrogens with zero attached hydrogens (tertiary/aromatic N) is 1. The average Bonchev–Trinajstić information content (AvgIpc) is 2.56. The third-order valence-electron chi connectivity index (χ3n) is 5.12. The van der Waals surface area contributed by atoms with Crippen LogP contribution in [0.25, 0.3) is 0 Å². The van der Waals surface area contributed by atoms with E-state index in [9.17, 15) is 0 Å². The van der Waals surface area contributed by atoms with Crippen LogP contribution in [0, 0.1) is 0 Å². The maximum Gasteiger partial charge on any atom is 0.0853 e. The van der Waals surface area contributed by atoms with Crippen molar-refractivity contribution in [3.05, 3.63) is 0 Å². The zero-order chi connectivity index (χ0) is 18.6. The zero-order valence-corrected chi connectivity index (χ0v) is 18.4. The largest absolute Gasteiger partial charge is 0.253 e. The zero-order valence-electron chi connectivity index (χ0n) is 18.4. The molecule has 0 saturated heterocycles. The lowest BCUT2D eigenvalue weighted by atomic mass is 10.0. The molecule has 0 atom stereocenters. The van der Waals surface area contributed by atoms with E-state index in [0.29, 0.717) is 0 Å². The number of hydrogen-bond acceptors (Lipinski definition) is 1. The van der Waals surface area contributed by atoms with Crippen LogP contribution in [0.4, 0.5) is 0 Å². The maximum absolute atomic E-state index is 3.51. The third-order valence-corrected chi connectivity index (χ3v) is 5.12. The normalized spacial score (nSPS) is 12.0. The lowest BCUT2D eigenvalue weighted by Gasteiger charge is -2.23. The van der Waals surface area contributed by atoms with Gasteiger partial charge in [0.05, 0.1) is 21.1 Å². The first-order chi connectivity index (χ1) is 12.1. The van der Waals surface area contributed by atoms with E-state index in [-0.39, 0.29) is 0 Å². The summed E-state index contributed by atoms with van der Waals surface area (Å²) in [6.45, 7) is 3.45. The monoisotopic (exact) mass is 355 g/mol. The topological polar surface area (TPSA) is 12.0 Å². The van der Waals surface area contributed by atoms with Crippen molar-refractivity contribution in [1.29, 1.82) is 0 Å². The highest BCUT2D eigenvalue weighted by molar-refractivity contribution is 4.50. The molecule has 2 heteroatoms. The van der Waals surface area contributed by atoms with Gasteiger partial charge in [-0.1, -0.05) is 116 Å². The first kappa shape index (κ1) is 24.9. The lowest BCUT2D eigenvalue weighted by molar-refractivity contribution is -0.915. The summed E-state index contributed by atoms with van der Waals surface area (Å²) < 4.78 is 0.874. The minimum atomic E-state index is 0.874. The van der Waals surface area contributed by atoms with Crippen molar-refractivity contribution < 1.29 is 4.59 Å². The highest BCUT2D eigenvalue weighted by atomic mass is 15.6. The molecule has 0 unspecified atom stereocenters. The predicted octanol–water partition coefficient (Wildman–Crippen LogP) is 7.24. The Balaban J connectivity index is 3.01. The van der Waals surface area contributed by atoms with E-state index in [4.69, 9.17) is 0 Å². The minimum Gasteiger partial charge on any atom is -0.253 e. The third kappa shape index (κ3) is 23.9. The van der Waals surface area contributed by atoms with Crippen LogP contribution < -0.4 is 5.43 Å². The van der Waals surface area contributed by atoms with Gasteiger partial charge >= 0.3 is 0 Å². The van der Waals surface area contributed by atoms with E-state index >= 15 is 0 Å². The molecule has 0 fully saturated rings. The van der Waals surface area contributed by atoms with Crippen LogP contribution in [-0.4, -0.2) is 32.3 Å². The van der Waals surface area contributed by atoms with E-state index < -0.39 is 0 Å². The Morgan fingerprint density at radius 2 is 0.720 bits per heavy atom. The number of nitrogens with one attached hydrogen (secondary N) is 1. The van der Waals surface area contributed by atoms with Gasteiger partial charge in [-0.15, -0.1) is 0 Å². The van der Waals surface area contributed by atoms with Crippen LogP contribution in [0.15, 0.2) is 0 Å². The quantitative estimate of drug-likeness (QED) is 0.138. The molecule has 25 heavy (non-hydrogen) atoms. The van der Waals surface area contributed by atoms with Gasteiger partial charge in [-0.3, -0.25) is 4.59 Å². The van der Waals surface area contributed by atoms with Crippen LogP contribution >= 0.6 is 0 Å². The Kier molecular flexibility index (Phi) is 18.6. The Morgan fingerprint density at radius 1 is 0.440 bits per heavy atom. The van der Waals surface area contributed by atoms with E-state index in [1.807, 2.05) is 0 Å². The van der Waals surface area contributed by atoms with Crippen molar-refractivity contribution in [2.75, 3.05) is 27.7 Å². The predicted molar refractivity (Wildman–Crippen MR) is 115 cm³/mol. The van der Waals surface area contributed by atoms with Crippen LogP contribution in [-0.2, 0) is 0 Å². The van der Waals surface area contributed by atoms with Gasteiger partial charge in [0.1, 0.15) is 0 Å². The molecule has 0 bridgehead atoms. The molecule has 0 aromatic rings. The summed E-state index contributed by atoms with van der Waals surface area (Å²) >= 11 is 0. The van der Waals surface area contributed by atoms with Crippen molar-refractivity contribution >= 4 is 0 Å². The summed E-state index contributed by atoms with van der Waals surface area (Å²) in [4.78, 5) is 0. The average molecular weight is 356 g/mol. The maximum atomic E-state index is 3.51. The van der Waals surface area contributed by atoms with Crippen LogP contribution in [0.2, 0.25) is 0 Å². The molecule has 0 aromatic carbocycles. The molecule has 0 spiro atoms. The van der Waals surface area contributed by atoms with Crippen LogP contribution in [0.5, 0.6) is 0 Å². The van der Waals surface area contributed by atoms with Gasteiger partial charge in [0, 0.05) is 6.54 Å². The summed E-state index contributed by atoms with van der Waals surface area (Å²) in [6, 6.07) is 0. The molecular formula is C23H51N2+. The van der Waals surface area contributed by atoms with Gasteiger partial charge in [-0.2, -0.15) is 5.43 Å². The Bertz CT molecular complexity index is 245. The number of rotatable bonds is 20. The van der Waals surface area contributed by atoms with Crippen molar-refractivity contribution in [3.63, 3.8) is 0 Å². The Morgan fingerprint density at radius 3 is 1.00 bits per heavy atom. The van der Waals surface area contributed by atoms with Gasteiger partial charge in [0.25, 0.3) is 0 Å². The van der Waals surface area contributed by atoms with Crippen molar-refractivity contribution in [2.45, 2.75) is 122 Å². The summed E-state index contributed by atoms with van der Waals surface area (Å²) in [6.07, 6.45) is 26.1. The molecule has 0 radical (unpaired) electrons.